The first-order chi connectivity index (χ1) is 7.68. The summed E-state index contributed by atoms with van der Waals surface area (Å²) in [6.45, 7) is 0. The minimum atomic E-state index is -0.334. The zero-order chi connectivity index (χ0) is 11.5. The molecule has 0 atom stereocenters. The molecule has 1 fully saturated rings. The molecule has 0 aromatic heterocycles. The second-order valence-electron chi connectivity index (χ2n) is 3.09. The van der Waals surface area contributed by atoms with Crippen LogP contribution >= 0.6 is 24.0 Å². The van der Waals surface area contributed by atoms with E-state index in [1.807, 2.05) is 6.07 Å². The maximum atomic E-state index is 11.7. The summed E-state index contributed by atoms with van der Waals surface area (Å²) in [4.78, 5) is 23.1. The highest BCUT2D eigenvalue weighted by molar-refractivity contribution is 8.23. The van der Waals surface area contributed by atoms with Crippen molar-refractivity contribution in [3.63, 3.8) is 0 Å². The van der Waals surface area contributed by atoms with Crippen molar-refractivity contribution in [2.45, 2.75) is 0 Å². The number of hydrogen-bond donors (Lipinski definition) is 1. The Morgan fingerprint density at radius 1 is 1.38 bits per heavy atom. The van der Waals surface area contributed by atoms with E-state index < -0.39 is 0 Å². The summed E-state index contributed by atoms with van der Waals surface area (Å²) >= 11 is 6.18. The van der Waals surface area contributed by atoms with E-state index >= 15 is 0 Å². The zero-order valence-corrected chi connectivity index (χ0v) is 9.81. The molecule has 0 bridgehead atoms. The number of benzene rings is 1. The predicted octanol–water partition coefficient (Wildman–Crippen LogP) is 1.19. The van der Waals surface area contributed by atoms with Crippen molar-refractivity contribution in [3.8, 4) is 0 Å². The van der Waals surface area contributed by atoms with E-state index in [-0.39, 0.29) is 17.6 Å². The second-order valence-corrected chi connectivity index (χ2v) is 4.70. The van der Waals surface area contributed by atoms with Gasteiger partial charge in [0.2, 0.25) is 0 Å². The largest absolute Gasteiger partial charge is 0.272 e. The molecule has 16 heavy (non-hydrogen) atoms. The Balaban J connectivity index is 2.08. The van der Waals surface area contributed by atoms with E-state index in [1.54, 1.807) is 24.3 Å². The fraction of sp³-hybridized carbons (Fsp3) is 0.100. The summed E-state index contributed by atoms with van der Waals surface area (Å²) in [5.74, 6) is -0.244. The summed E-state index contributed by atoms with van der Waals surface area (Å²) in [5, 5.41) is 1.12. The van der Waals surface area contributed by atoms with Crippen molar-refractivity contribution >= 4 is 40.1 Å². The van der Waals surface area contributed by atoms with Crippen LogP contribution in [-0.4, -0.2) is 26.9 Å². The quantitative estimate of drug-likeness (QED) is 0.803. The van der Waals surface area contributed by atoms with Crippen LogP contribution < -0.4 is 5.43 Å². The Labute approximate surface area is 102 Å². The third kappa shape index (κ3) is 2.23. The van der Waals surface area contributed by atoms with Gasteiger partial charge in [-0.05, 0) is 12.1 Å². The number of thioether (sulfide) groups is 1. The van der Waals surface area contributed by atoms with E-state index in [9.17, 15) is 9.59 Å². The molecular weight excluding hydrogens is 244 g/mol. The number of carbonyl (C=O) groups excluding carboxylic acids is 2. The summed E-state index contributed by atoms with van der Waals surface area (Å²) in [6.07, 6.45) is 0. The van der Waals surface area contributed by atoms with Crippen molar-refractivity contribution in [3.05, 3.63) is 35.9 Å². The molecule has 0 unspecified atom stereocenters. The minimum Gasteiger partial charge on any atom is -0.272 e. The van der Waals surface area contributed by atoms with Crippen LogP contribution in [0, 0.1) is 0 Å². The van der Waals surface area contributed by atoms with Gasteiger partial charge in [-0.1, -0.05) is 42.2 Å². The average molecular weight is 252 g/mol. The van der Waals surface area contributed by atoms with E-state index in [1.165, 1.54) is 11.8 Å². The second kappa shape index (κ2) is 4.63. The molecule has 0 radical (unpaired) electrons. The van der Waals surface area contributed by atoms with Crippen LogP contribution in [0.25, 0.3) is 0 Å². The molecule has 4 nitrogen and oxygen atoms in total. The van der Waals surface area contributed by atoms with Gasteiger partial charge in [-0.25, -0.2) is 5.01 Å². The highest BCUT2D eigenvalue weighted by atomic mass is 32.2. The van der Waals surface area contributed by atoms with Gasteiger partial charge in [0.25, 0.3) is 11.8 Å². The van der Waals surface area contributed by atoms with Gasteiger partial charge >= 0.3 is 0 Å². The van der Waals surface area contributed by atoms with Gasteiger partial charge in [-0.15, -0.1) is 0 Å². The van der Waals surface area contributed by atoms with E-state index in [0.29, 0.717) is 9.88 Å². The van der Waals surface area contributed by atoms with Gasteiger partial charge in [0, 0.05) is 5.56 Å². The van der Waals surface area contributed by atoms with Crippen LogP contribution in [0.15, 0.2) is 30.3 Å². The standard InChI is InChI=1S/C10H8N2O2S2/c13-8-6-16-10(15)12(8)11-9(14)7-4-2-1-3-5-7/h1-5H,6H2,(H,11,14). The molecule has 2 rings (SSSR count). The first kappa shape index (κ1) is 11.1. The number of hydrogen-bond acceptors (Lipinski definition) is 4. The summed E-state index contributed by atoms with van der Waals surface area (Å²) in [7, 11) is 0. The number of carbonyl (C=O) groups is 2. The lowest BCUT2D eigenvalue weighted by Crippen LogP contribution is -2.45. The molecule has 0 aliphatic carbocycles. The van der Waals surface area contributed by atoms with Gasteiger partial charge in [-0.2, -0.15) is 0 Å². The van der Waals surface area contributed by atoms with Gasteiger partial charge in [0.15, 0.2) is 4.32 Å². The average Bonchev–Trinajstić information content (AvgIpc) is 2.62. The minimum absolute atomic E-state index is 0.195. The van der Waals surface area contributed by atoms with Gasteiger partial charge in [0.05, 0.1) is 5.75 Å². The molecule has 1 aromatic carbocycles. The molecule has 2 amide bonds. The smallest absolute Gasteiger partial charge is 0.270 e. The monoisotopic (exact) mass is 252 g/mol. The molecule has 1 aliphatic heterocycles. The van der Waals surface area contributed by atoms with Gasteiger partial charge < -0.3 is 0 Å². The first-order valence-electron chi connectivity index (χ1n) is 4.54. The molecule has 0 spiro atoms. The van der Waals surface area contributed by atoms with E-state index in [0.717, 1.165) is 5.01 Å². The highest BCUT2D eigenvalue weighted by Gasteiger charge is 2.28. The number of rotatable bonds is 2. The molecular formula is C10H8N2O2S2. The van der Waals surface area contributed by atoms with Gasteiger partial charge in [0.1, 0.15) is 0 Å². The summed E-state index contributed by atoms with van der Waals surface area (Å²) in [5.41, 5.74) is 2.97. The Bertz CT molecular complexity index is 431. The lowest BCUT2D eigenvalue weighted by Gasteiger charge is -2.15. The summed E-state index contributed by atoms with van der Waals surface area (Å²) in [6, 6.07) is 8.68. The lowest BCUT2D eigenvalue weighted by molar-refractivity contribution is -0.125. The van der Waals surface area contributed by atoms with Crippen LogP contribution in [0.5, 0.6) is 0 Å². The fourth-order valence-electron chi connectivity index (χ4n) is 1.22. The topological polar surface area (TPSA) is 49.4 Å². The fourth-order valence-corrected chi connectivity index (χ4v) is 2.19. The van der Waals surface area contributed by atoms with E-state index in [4.69, 9.17) is 12.2 Å². The van der Waals surface area contributed by atoms with Crippen molar-refractivity contribution in [2.24, 2.45) is 0 Å². The molecule has 1 N–H and O–H groups in total. The summed E-state index contributed by atoms with van der Waals surface area (Å²) < 4.78 is 0.384. The Morgan fingerprint density at radius 3 is 2.62 bits per heavy atom. The molecule has 82 valence electrons. The molecule has 1 saturated heterocycles. The van der Waals surface area contributed by atoms with Crippen molar-refractivity contribution in [1.82, 2.24) is 10.4 Å². The van der Waals surface area contributed by atoms with Crippen LogP contribution in [0.3, 0.4) is 0 Å². The van der Waals surface area contributed by atoms with Crippen molar-refractivity contribution in [2.75, 3.05) is 5.75 Å². The molecule has 1 heterocycles. The number of nitrogens with one attached hydrogen (secondary N) is 1. The highest BCUT2D eigenvalue weighted by Crippen LogP contribution is 2.17. The molecule has 6 heteroatoms. The lowest BCUT2D eigenvalue weighted by atomic mass is 10.2. The van der Waals surface area contributed by atoms with Crippen LogP contribution in [0.4, 0.5) is 0 Å². The zero-order valence-electron chi connectivity index (χ0n) is 8.17. The third-order valence-corrected chi connectivity index (χ3v) is 3.36. The Morgan fingerprint density at radius 2 is 2.06 bits per heavy atom. The Hall–Kier alpha value is -1.40. The van der Waals surface area contributed by atoms with Gasteiger partial charge in [-0.3, -0.25) is 15.0 Å². The SMILES string of the molecule is O=C(NN1C(=O)CSC1=S)c1ccccc1. The third-order valence-electron chi connectivity index (χ3n) is 2.00. The maximum Gasteiger partial charge on any atom is 0.270 e. The molecule has 0 saturated carbocycles. The predicted molar refractivity (Wildman–Crippen MR) is 65.8 cm³/mol. The number of hydrazine groups is 1. The molecule has 1 aliphatic rings. The maximum absolute atomic E-state index is 11.7. The number of thiocarbonyl (C=S) groups is 1. The van der Waals surface area contributed by atoms with Crippen molar-refractivity contribution in [1.29, 1.82) is 0 Å². The van der Waals surface area contributed by atoms with Crippen molar-refractivity contribution < 1.29 is 9.59 Å². The van der Waals surface area contributed by atoms with Crippen LogP contribution in [0.1, 0.15) is 10.4 Å². The normalized spacial score (nSPS) is 15.4. The van der Waals surface area contributed by atoms with E-state index in [2.05, 4.69) is 5.43 Å². The number of nitrogens with zero attached hydrogens (tertiary/aromatic N) is 1. The Kier molecular flexibility index (Phi) is 3.21. The van der Waals surface area contributed by atoms with Crippen LogP contribution in [0.2, 0.25) is 0 Å². The first-order valence-corrected chi connectivity index (χ1v) is 5.93. The van der Waals surface area contributed by atoms with Crippen LogP contribution in [-0.2, 0) is 4.79 Å². The molecule has 1 aromatic rings. The number of amides is 2.